The van der Waals surface area contributed by atoms with Gasteiger partial charge in [0.2, 0.25) is 0 Å². The van der Waals surface area contributed by atoms with Crippen LogP contribution in [-0.4, -0.2) is 60.9 Å². The molecule has 2 aromatic carbocycles. The monoisotopic (exact) mass is 464 g/mol. The first-order valence-electron chi connectivity index (χ1n) is 11.0. The van der Waals surface area contributed by atoms with E-state index in [0.717, 1.165) is 24.1 Å². The summed E-state index contributed by atoms with van der Waals surface area (Å²) in [4.78, 5) is 28.1. The highest BCUT2D eigenvalue weighted by Crippen LogP contribution is 2.35. The number of nitrogens with zero attached hydrogens (tertiary/aromatic N) is 3. The summed E-state index contributed by atoms with van der Waals surface area (Å²) < 4.78 is 17.8. The van der Waals surface area contributed by atoms with Crippen LogP contribution in [0.2, 0.25) is 0 Å². The topological polar surface area (TPSA) is 94.9 Å². The van der Waals surface area contributed by atoms with Crippen molar-refractivity contribution in [3.8, 4) is 22.9 Å². The zero-order valence-electron chi connectivity index (χ0n) is 19.8. The third-order valence-electron chi connectivity index (χ3n) is 5.80. The molecule has 1 N–H and O–H groups in total. The molecule has 34 heavy (non-hydrogen) atoms. The molecule has 2 heterocycles. The van der Waals surface area contributed by atoms with E-state index in [1.54, 1.807) is 41.1 Å². The number of aryl methyl sites for hydroxylation is 1. The summed E-state index contributed by atoms with van der Waals surface area (Å²) in [6.45, 7) is 3.34. The molecule has 1 aliphatic heterocycles. The molecule has 0 spiro atoms. The molecule has 0 unspecified atom stereocenters. The molecule has 0 radical (unpaired) electrons. The number of methoxy groups -OCH3 is 3. The maximum atomic E-state index is 13.2. The van der Waals surface area contributed by atoms with E-state index in [2.05, 4.69) is 10.4 Å². The number of hydrogen-bond donors (Lipinski definition) is 1. The van der Waals surface area contributed by atoms with Crippen molar-refractivity contribution in [3.63, 3.8) is 0 Å². The molecule has 9 heteroatoms. The van der Waals surface area contributed by atoms with Gasteiger partial charge in [0.1, 0.15) is 11.4 Å². The molecule has 1 aliphatic rings. The quantitative estimate of drug-likeness (QED) is 0.573. The number of hydrogen-bond acceptors (Lipinski definition) is 6. The van der Waals surface area contributed by atoms with Gasteiger partial charge in [0.15, 0.2) is 17.2 Å². The van der Waals surface area contributed by atoms with Crippen LogP contribution in [0.4, 0.5) is 5.69 Å². The first-order chi connectivity index (χ1) is 16.4. The van der Waals surface area contributed by atoms with Gasteiger partial charge in [-0.25, -0.2) is 4.68 Å². The standard InChI is InChI=1S/C25H28N4O5/c1-16-7-8-21(32-2)20(13-16)29-12-9-18(27-29)24(30)26-19-15-23(34-4)22(33-3)14-17(19)25(31)28-10-5-6-11-28/h7-9,12-15H,5-6,10-11H2,1-4H3,(H,26,30). The molecule has 3 aromatic rings. The van der Waals surface area contributed by atoms with Crippen LogP contribution in [0, 0.1) is 6.92 Å². The second-order valence-corrected chi connectivity index (χ2v) is 8.03. The molecule has 0 bridgehead atoms. The summed E-state index contributed by atoms with van der Waals surface area (Å²) in [5.74, 6) is 0.848. The van der Waals surface area contributed by atoms with Crippen molar-refractivity contribution in [1.82, 2.24) is 14.7 Å². The predicted octanol–water partition coefficient (Wildman–Crippen LogP) is 3.69. The Kier molecular flexibility index (Phi) is 6.72. The van der Waals surface area contributed by atoms with E-state index in [9.17, 15) is 9.59 Å². The molecule has 9 nitrogen and oxygen atoms in total. The Hall–Kier alpha value is -4.01. The van der Waals surface area contributed by atoms with Crippen LogP contribution in [0.3, 0.4) is 0 Å². The maximum Gasteiger partial charge on any atom is 0.276 e. The smallest absolute Gasteiger partial charge is 0.276 e. The summed E-state index contributed by atoms with van der Waals surface area (Å²) in [5.41, 5.74) is 2.62. The predicted molar refractivity (Wildman–Crippen MR) is 127 cm³/mol. The van der Waals surface area contributed by atoms with Crippen molar-refractivity contribution in [2.75, 3.05) is 39.7 Å². The normalized spacial score (nSPS) is 13.0. The van der Waals surface area contributed by atoms with Gasteiger partial charge in [-0.15, -0.1) is 0 Å². The van der Waals surface area contributed by atoms with Crippen molar-refractivity contribution in [3.05, 3.63) is 59.4 Å². The van der Waals surface area contributed by atoms with Crippen molar-refractivity contribution in [2.24, 2.45) is 0 Å². The van der Waals surface area contributed by atoms with E-state index < -0.39 is 5.91 Å². The molecule has 0 aliphatic carbocycles. The van der Waals surface area contributed by atoms with Crippen LogP contribution >= 0.6 is 0 Å². The molecule has 1 fully saturated rings. The highest BCUT2D eigenvalue weighted by atomic mass is 16.5. The average Bonchev–Trinajstić information content (AvgIpc) is 3.56. The van der Waals surface area contributed by atoms with Gasteiger partial charge in [-0.2, -0.15) is 5.10 Å². The van der Waals surface area contributed by atoms with Crippen LogP contribution in [0.15, 0.2) is 42.6 Å². The Labute approximate surface area is 198 Å². The van der Waals surface area contributed by atoms with E-state index in [0.29, 0.717) is 41.6 Å². The maximum absolute atomic E-state index is 13.2. The van der Waals surface area contributed by atoms with Gasteiger partial charge in [-0.3, -0.25) is 9.59 Å². The van der Waals surface area contributed by atoms with Gasteiger partial charge in [-0.1, -0.05) is 6.07 Å². The van der Waals surface area contributed by atoms with E-state index in [-0.39, 0.29) is 11.6 Å². The Morgan fingerprint density at radius 2 is 1.59 bits per heavy atom. The second-order valence-electron chi connectivity index (χ2n) is 8.03. The van der Waals surface area contributed by atoms with Crippen molar-refractivity contribution in [1.29, 1.82) is 0 Å². The minimum atomic E-state index is -0.451. The molecule has 1 saturated heterocycles. The van der Waals surface area contributed by atoms with Crippen molar-refractivity contribution >= 4 is 17.5 Å². The van der Waals surface area contributed by atoms with E-state index in [4.69, 9.17) is 14.2 Å². The number of likely N-dealkylation sites (tertiary alicyclic amines) is 1. The fraction of sp³-hybridized carbons (Fsp3) is 0.320. The molecule has 1 aromatic heterocycles. The first kappa shape index (κ1) is 23.2. The minimum Gasteiger partial charge on any atom is -0.494 e. The number of anilines is 1. The van der Waals surface area contributed by atoms with Gasteiger partial charge >= 0.3 is 0 Å². The lowest BCUT2D eigenvalue weighted by Gasteiger charge is -2.20. The number of nitrogens with one attached hydrogen (secondary N) is 1. The number of amides is 2. The lowest BCUT2D eigenvalue weighted by molar-refractivity contribution is 0.0793. The summed E-state index contributed by atoms with van der Waals surface area (Å²) >= 11 is 0. The summed E-state index contributed by atoms with van der Waals surface area (Å²) in [6, 6.07) is 10.5. The van der Waals surface area contributed by atoms with Crippen LogP contribution in [0.5, 0.6) is 17.2 Å². The molecule has 2 amide bonds. The van der Waals surface area contributed by atoms with Crippen LogP contribution < -0.4 is 19.5 Å². The van der Waals surface area contributed by atoms with Gasteiger partial charge in [0.05, 0.1) is 32.6 Å². The largest absolute Gasteiger partial charge is 0.494 e. The fourth-order valence-electron chi connectivity index (χ4n) is 3.99. The number of aromatic nitrogens is 2. The fourth-order valence-corrected chi connectivity index (χ4v) is 3.99. The zero-order valence-corrected chi connectivity index (χ0v) is 19.8. The number of carbonyl (C=O) groups excluding carboxylic acids is 2. The van der Waals surface area contributed by atoms with E-state index >= 15 is 0 Å². The minimum absolute atomic E-state index is 0.163. The summed E-state index contributed by atoms with van der Waals surface area (Å²) in [7, 11) is 4.59. The van der Waals surface area contributed by atoms with Crippen LogP contribution in [0.1, 0.15) is 39.3 Å². The Bertz CT molecular complexity index is 1210. The highest BCUT2D eigenvalue weighted by molar-refractivity contribution is 6.08. The van der Waals surface area contributed by atoms with Crippen LogP contribution in [0.25, 0.3) is 5.69 Å². The highest BCUT2D eigenvalue weighted by Gasteiger charge is 2.25. The summed E-state index contributed by atoms with van der Waals surface area (Å²) in [5, 5.41) is 7.26. The number of benzene rings is 2. The van der Waals surface area contributed by atoms with E-state index in [1.165, 1.54) is 14.2 Å². The molecule has 0 atom stereocenters. The number of carbonyl (C=O) groups is 2. The first-order valence-corrected chi connectivity index (χ1v) is 11.0. The third-order valence-corrected chi connectivity index (χ3v) is 5.80. The third kappa shape index (κ3) is 4.54. The molecular formula is C25H28N4O5. The number of ether oxygens (including phenoxy) is 3. The lowest BCUT2D eigenvalue weighted by Crippen LogP contribution is -2.29. The Morgan fingerprint density at radius 1 is 0.912 bits per heavy atom. The van der Waals surface area contributed by atoms with Crippen LogP contribution in [-0.2, 0) is 0 Å². The van der Waals surface area contributed by atoms with Gasteiger partial charge in [0.25, 0.3) is 11.8 Å². The second kappa shape index (κ2) is 9.86. The number of rotatable bonds is 7. The zero-order chi connectivity index (χ0) is 24.2. The van der Waals surface area contributed by atoms with Crippen molar-refractivity contribution < 1.29 is 23.8 Å². The SMILES string of the molecule is COc1cc(NC(=O)c2ccn(-c3cc(C)ccc3OC)n2)c(C(=O)N2CCCC2)cc1OC. The van der Waals surface area contributed by atoms with Gasteiger partial charge in [-0.05, 0) is 49.6 Å². The Morgan fingerprint density at radius 3 is 2.26 bits per heavy atom. The van der Waals surface area contributed by atoms with Gasteiger partial charge < -0.3 is 24.4 Å². The molecule has 4 rings (SSSR count). The van der Waals surface area contributed by atoms with E-state index in [1.807, 2.05) is 25.1 Å². The van der Waals surface area contributed by atoms with Crippen molar-refractivity contribution in [2.45, 2.75) is 19.8 Å². The molecule has 178 valence electrons. The van der Waals surface area contributed by atoms with Gasteiger partial charge in [0, 0.05) is 25.4 Å². The lowest BCUT2D eigenvalue weighted by atomic mass is 10.1. The average molecular weight is 465 g/mol. The summed E-state index contributed by atoms with van der Waals surface area (Å²) in [6.07, 6.45) is 3.61. The molecule has 0 saturated carbocycles. The Balaban J connectivity index is 1.65. The molecular weight excluding hydrogens is 436 g/mol.